The average molecular weight is 336 g/mol. The number of aromatic nitrogens is 2. The quantitative estimate of drug-likeness (QED) is 0.576. The van der Waals surface area contributed by atoms with Gasteiger partial charge in [-0.3, -0.25) is 0 Å². The Morgan fingerprint density at radius 2 is 1.64 bits per heavy atom. The molecule has 6 nitrogen and oxygen atoms in total. The molecule has 3 heterocycles. The number of nitrogens with one attached hydrogen (secondary N) is 1. The van der Waals surface area contributed by atoms with Crippen LogP contribution in [0.2, 0.25) is 0 Å². The molecule has 0 atom stereocenters. The van der Waals surface area contributed by atoms with Crippen LogP contribution in [0.4, 0.5) is 0 Å². The predicted molar refractivity (Wildman–Crippen MR) is 92.5 cm³/mol. The highest BCUT2D eigenvalue weighted by Crippen LogP contribution is 2.39. The van der Waals surface area contributed by atoms with Gasteiger partial charge >= 0.3 is 0 Å². The number of para-hydroxylation sites is 1. The Morgan fingerprint density at radius 1 is 0.880 bits per heavy atom. The molecule has 0 bridgehead atoms. The van der Waals surface area contributed by atoms with Crippen LogP contribution in [-0.4, -0.2) is 24.2 Å². The monoisotopic (exact) mass is 336 g/mol. The molecule has 0 saturated carbocycles. The molecule has 4 rings (SSSR count). The third kappa shape index (κ3) is 2.57. The van der Waals surface area contributed by atoms with Gasteiger partial charge in [-0.2, -0.15) is 0 Å². The predicted octanol–water partition coefficient (Wildman–Crippen LogP) is 4.61. The molecule has 0 aliphatic heterocycles. The highest BCUT2D eigenvalue weighted by Gasteiger charge is 2.21. The maximum Gasteiger partial charge on any atom is 0.171 e. The van der Waals surface area contributed by atoms with Crippen molar-refractivity contribution in [1.82, 2.24) is 9.97 Å². The van der Waals surface area contributed by atoms with Crippen LogP contribution < -0.4 is 9.47 Å². The minimum atomic E-state index is 0.607. The second kappa shape index (κ2) is 6.24. The molecule has 0 spiro atoms. The molecule has 0 saturated heterocycles. The van der Waals surface area contributed by atoms with Crippen molar-refractivity contribution in [1.29, 1.82) is 0 Å². The smallest absolute Gasteiger partial charge is 0.171 e. The normalized spacial score (nSPS) is 10.8. The van der Waals surface area contributed by atoms with Crippen molar-refractivity contribution in [2.75, 3.05) is 14.2 Å². The second-order valence-electron chi connectivity index (χ2n) is 5.30. The van der Waals surface area contributed by atoms with Crippen molar-refractivity contribution in [3.8, 4) is 45.8 Å². The summed E-state index contributed by atoms with van der Waals surface area (Å²) >= 11 is 0. The van der Waals surface area contributed by atoms with Crippen LogP contribution in [0, 0.1) is 0 Å². The summed E-state index contributed by atoms with van der Waals surface area (Å²) in [5, 5.41) is 0. The first-order valence-corrected chi connectivity index (χ1v) is 7.71. The van der Waals surface area contributed by atoms with Gasteiger partial charge in [-0.1, -0.05) is 6.07 Å². The lowest BCUT2D eigenvalue weighted by molar-refractivity contribution is 0.356. The molecule has 0 radical (unpaired) electrons. The van der Waals surface area contributed by atoms with Crippen LogP contribution in [-0.2, 0) is 0 Å². The summed E-state index contributed by atoms with van der Waals surface area (Å²) in [5.74, 6) is 3.20. The van der Waals surface area contributed by atoms with Gasteiger partial charge in [0.05, 0.1) is 32.3 Å². The Bertz CT molecular complexity index is 917. The molecule has 0 amide bonds. The number of methoxy groups -OCH3 is 2. The van der Waals surface area contributed by atoms with Gasteiger partial charge in [-0.05, 0) is 36.4 Å². The summed E-state index contributed by atoms with van der Waals surface area (Å²) < 4.78 is 22.0. The van der Waals surface area contributed by atoms with Crippen molar-refractivity contribution < 1.29 is 18.3 Å². The average Bonchev–Trinajstić information content (AvgIpc) is 3.40. The lowest BCUT2D eigenvalue weighted by Crippen LogP contribution is -1.94. The molecule has 0 fully saturated rings. The number of rotatable bonds is 5. The van der Waals surface area contributed by atoms with Gasteiger partial charge in [0.25, 0.3) is 0 Å². The van der Waals surface area contributed by atoms with E-state index >= 15 is 0 Å². The number of furan rings is 2. The number of aromatic amines is 1. The molecule has 3 aromatic heterocycles. The minimum absolute atomic E-state index is 0.607. The van der Waals surface area contributed by atoms with Gasteiger partial charge in [-0.25, -0.2) is 4.98 Å². The fraction of sp³-hybridized carbons (Fsp3) is 0.105. The molecule has 1 N–H and O–H groups in total. The van der Waals surface area contributed by atoms with E-state index in [1.165, 1.54) is 0 Å². The molecule has 126 valence electrons. The van der Waals surface area contributed by atoms with Gasteiger partial charge < -0.3 is 23.3 Å². The summed E-state index contributed by atoms with van der Waals surface area (Å²) in [7, 11) is 3.21. The number of imidazole rings is 1. The van der Waals surface area contributed by atoms with Crippen molar-refractivity contribution >= 4 is 0 Å². The second-order valence-corrected chi connectivity index (χ2v) is 5.30. The molecule has 25 heavy (non-hydrogen) atoms. The van der Waals surface area contributed by atoms with Crippen molar-refractivity contribution in [2.45, 2.75) is 0 Å². The van der Waals surface area contributed by atoms with Gasteiger partial charge in [0, 0.05) is 0 Å². The topological polar surface area (TPSA) is 73.4 Å². The van der Waals surface area contributed by atoms with Crippen molar-refractivity contribution in [3.63, 3.8) is 0 Å². The Labute approximate surface area is 144 Å². The SMILES string of the molecule is COc1cccc(-c2nc(-c3ccco3)c(-c3ccco3)[nH]2)c1OC. The maximum atomic E-state index is 5.54. The number of ether oxygens (including phenoxy) is 2. The van der Waals surface area contributed by atoms with E-state index in [1.54, 1.807) is 26.7 Å². The summed E-state index contributed by atoms with van der Waals surface area (Å²) in [6, 6.07) is 13.0. The Morgan fingerprint density at radius 3 is 2.28 bits per heavy atom. The van der Waals surface area contributed by atoms with E-state index in [4.69, 9.17) is 23.3 Å². The number of hydrogen-bond donors (Lipinski definition) is 1. The lowest BCUT2D eigenvalue weighted by Gasteiger charge is -2.10. The van der Waals surface area contributed by atoms with Crippen molar-refractivity contribution in [2.24, 2.45) is 0 Å². The number of nitrogens with zero attached hydrogens (tertiary/aromatic N) is 1. The van der Waals surface area contributed by atoms with Crippen LogP contribution in [0.5, 0.6) is 11.5 Å². The van der Waals surface area contributed by atoms with E-state index < -0.39 is 0 Å². The molecule has 6 heteroatoms. The zero-order valence-corrected chi connectivity index (χ0v) is 13.8. The third-order valence-electron chi connectivity index (χ3n) is 3.88. The maximum absolute atomic E-state index is 5.54. The van der Waals surface area contributed by atoms with Gasteiger partial charge in [0.2, 0.25) is 0 Å². The van der Waals surface area contributed by atoms with Crippen LogP contribution >= 0.6 is 0 Å². The lowest BCUT2D eigenvalue weighted by atomic mass is 10.1. The zero-order valence-electron chi connectivity index (χ0n) is 13.8. The highest BCUT2D eigenvalue weighted by atomic mass is 16.5. The highest BCUT2D eigenvalue weighted by molar-refractivity contribution is 5.79. The van der Waals surface area contributed by atoms with E-state index in [9.17, 15) is 0 Å². The van der Waals surface area contributed by atoms with Crippen molar-refractivity contribution in [3.05, 3.63) is 55.0 Å². The summed E-state index contributed by atoms with van der Waals surface area (Å²) in [4.78, 5) is 8.03. The van der Waals surface area contributed by atoms with E-state index in [0.29, 0.717) is 34.5 Å². The fourth-order valence-electron chi connectivity index (χ4n) is 2.77. The molecule has 4 aromatic rings. The first-order valence-electron chi connectivity index (χ1n) is 7.71. The number of benzene rings is 1. The third-order valence-corrected chi connectivity index (χ3v) is 3.88. The Hall–Kier alpha value is -3.41. The molecule has 0 aliphatic rings. The van der Waals surface area contributed by atoms with E-state index in [2.05, 4.69) is 4.98 Å². The fourth-order valence-corrected chi connectivity index (χ4v) is 2.77. The standard InChI is InChI=1S/C19H16N2O4/c1-22-15-7-3-6-12(18(15)23-2)19-20-16(13-8-4-10-24-13)17(21-19)14-9-5-11-25-14/h3-11H,1-2H3,(H,20,21). The summed E-state index contributed by atoms with van der Waals surface area (Å²) in [5.41, 5.74) is 2.19. The van der Waals surface area contributed by atoms with Crippen LogP contribution in [0.25, 0.3) is 34.3 Å². The van der Waals surface area contributed by atoms with Crippen LogP contribution in [0.15, 0.2) is 63.8 Å². The molecular formula is C19H16N2O4. The largest absolute Gasteiger partial charge is 0.493 e. The van der Waals surface area contributed by atoms with Gasteiger partial charge in [0.1, 0.15) is 17.2 Å². The van der Waals surface area contributed by atoms with Crippen LogP contribution in [0.1, 0.15) is 0 Å². The van der Waals surface area contributed by atoms with E-state index in [1.807, 2.05) is 42.5 Å². The van der Waals surface area contributed by atoms with Crippen LogP contribution in [0.3, 0.4) is 0 Å². The Balaban J connectivity index is 1.92. The molecule has 0 unspecified atom stereocenters. The molecule has 0 aliphatic carbocycles. The summed E-state index contributed by atoms with van der Waals surface area (Å²) in [6.07, 6.45) is 3.23. The van der Waals surface area contributed by atoms with E-state index in [-0.39, 0.29) is 0 Å². The summed E-state index contributed by atoms with van der Waals surface area (Å²) in [6.45, 7) is 0. The molecule has 1 aromatic carbocycles. The number of hydrogen-bond acceptors (Lipinski definition) is 5. The van der Waals surface area contributed by atoms with E-state index in [0.717, 1.165) is 11.3 Å². The first-order chi connectivity index (χ1) is 12.3. The Kier molecular flexibility index (Phi) is 3.78. The minimum Gasteiger partial charge on any atom is -0.493 e. The molecular weight excluding hydrogens is 320 g/mol. The van der Waals surface area contributed by atoms with Gasteiger partial charge in [-0.15, -0.1) is 0 Å². The number of H-pyrrole nitrogens is 1. The zero-order chi connectivity index (χ0) is 17.2. The van der Waals surface area contributed by atoms with Gasteiger partial charge in [0.15, 0.2) is 23.0 Å². The first kappa shape index (κ1) is 15.1.